The van der Waals surface area contributed by atoms with Gasteiger partial charge in [0.25, 0.3) is 0 Å². The van der Waals surface area contributed by atoms with Crippen LogP contribution in [0.4, 0.5) is 0 Å². The summed E-state index contributed by atoms with van der Waals surface area (Å²) in [4.78, 5) is 24.2. The number of allylic oxidation sites excluding steroid dienone is 1. The highest BCUT2D eigenvalue weighted by Crippen LogP contribution is 2.35. The molecule has 0 N–H and O–H groups in total. The van der Waals surface area contributed by atoms with Crippen molar-refractivity contribution >= 4 is 43.8 Å². The summed E-state index contributed by atoms with van der Waals surface area (Å²) in [6.45, 7) is 3.27. The van der Waals surface area contributed by atoms with Gasteiger partial charge in [0.05, 0.1) is 10.1 Å². The standard InChI is InChI=1S/C11H12Br2O4/c1-3-4-7(16-6(2)14)9-10(13)8(5-12)17-11(9)15/h5,7H,3-4H2,1-2H3/b8-5+/t7-/m1/s1. The van der Waals surface area contributed by atoms with E-state index >= 15 is 0 Å². The molecule has 0 saturated carbocycles. The molecule has 0 bridgehead atoms. The summed E-state index contributed by atoms with van der Waals surface area (Å²) in [6, 6.07) is 0. The van der Waals surface area contributed by atoms with E-state index in [1.807, 2.05) is 6.92 Å². The molecule has 17 heavy (non-hydrogen) atoms. The van der Waals surface area contributed by atoms with Gasteiger partial charge in [-0.1, -0.05) is 29.3 Å². The van der Waals surface area contributed by atoms with Crippen molar-refractivity contribution in [1.82, 2.24) is 0 Å². The van der Waals surface area contributed by atoms with Gasteiger partial charge < -0.3 is 9.47 Å². The second kappa shape index (κ2) is 6.35. The van der Waals surface area contributed by atoms with Crippen LogP contribution in [-0.4, -0.2) is 18.0 Å². The van der Waals surface area contributed by atoms with Crippen molar-refractivity contribution in [3.05, 3.63) is 20.8 Å². The fourth-order valence-corrected chi connectivity index (χ4v) is 2.73. The molecule has 0 spiro atoms. The van der Waals surface area contributed by atoms with Gasteiger partial charge in [0.15, 0.2) is 5.76 Å². The first-order chi connectivity index (χ1) is 8.01. The molecule has 0 aliphatic carbocycles. The number of carbonyl (C=O) groups is 2. The number of rotatable bonds is 4. The fourth-order valence-electron chi connectivity index (χ4n) is 1.49. The number of cyclic esters (lactones) is 1. The molecule has 94 valence electrons. The normalized spacial score (nSPS) is 19.5. The Morgan fingerprint density at radius 2 is 2.24 bits per heavy atom. The minimum Gasteiger partial charge on any atom is -0.457 e. The Balaban J connectivity index is 3.04. The van der Waals surface area contributed by atoms with E-state index in [4.69, 9.17) is 9.47 Å². The average Bonchev–Trinajstić information content (AvgIpc) is 2.52. The molecule has 1 atom stereocenters. The van der Waals surface area contributed by atoms with Gasteiger partial charge in [-0.25, -0.2) is 4.79 Å². The van der Waals surface area contributed by atoms with Crippen LogP contribution < -0.4 is 0 Å². The molecule has 1 aliphatic rings. The molecule has 0 aromatic rings. The monoisotopic (exact) mass is 366 g/mol. The zero-order chi connectivity index (χ0) is 13.0. The number of carbonyl (C=O) groups excluding carboxylic acids is 2. The molecule has 0 aromatic heterocycles. The van der Waals surface area contributed by atoms with Gasteiger partial charge >= 0.3 is 11.9 Å². The number of halogens is 2. The number of ether oxygens (including phenoxy) is 2. The molecule has 1 rings (SSSR count). The summed E-state index contributed by atoms with van der Waals surface area (Å²) in [5.41, 5.74) is 0.354. The highest BCUT2D eigenvalue weighted by atomic mass is 79.9. The van der Waals surface area contributed by atoms with E-state index in [9.17, 15) is 9.59 Å². The highest BCUT2D eigenvalue weighted by Gasteiger charge is 2.35. The number of hydrogen-bond donors (Lipinski definition) is 0. The van der Waals surface area contributed by atoms with Crippen LogP contribution in [0.15, 0.2) is 20.8 Å². The van der Waals surface area contributed by atoms with E-state index in [1.54, 1.807) is 0 Å². The molecular weight excluding hydrogens is 356 g/mol. The van der Waals surface area contributed by atoms with Gasteiger partial charge in [0.2, 0.25) is 0 Å². The number of esters is 2. The SMILES string of the molecule is CCC[C@@H](OC(C)=O)C1=C(Br)/C(=C\Br)OC1=O. The van der Waals surface area contributed by atoms with Crippen molar-refractivity contribution in [3.63, 3.8) is 0 Å². The Hall–Kier alpha value is -0.620. The molecule has 6 heteroatoms. The van der Waals surface area contributed by atoms with E-state index in [1.165, 1.54) is 11.9 Å². The van der Waals surface area contributed by atoms with Crippen molar-refractivity contribution in [2.75, 3.05) is 0 Å². The minimum absolute atomic E-state index is 0.354. The van der Waals surface area contributed by atoms with Crippen LogP contribution in [0.25, 0.3) is 0 Å². The van der Waals surface area contributed by atoms with Gasteiger partial charge in [0, 0.05) is 11.9 Å². The quantitative estimate of drug-likeness (QED) is 0.716. The van der Waals surface area contributed by atoms with E-state index in [2.05, 4.69) is 31.9 Å². The molecule has 0 amide bonds. The maximum atomic E-state index is 11.7. The van der Waals surface area contributed by atoms with E-state index < -0.39 is 18.0 Å². The first-order valence-corrected chi connectivity index (χ1v) is 6.81. The first-order valence-electron chi connectivity index (χ1n) is 5.11. The van der Waals surface area contributed by atoms with Crippen LogP contribution in [0.2, 0.25) is 0 Å². The third-order valence-electron chi connectivity index (χ3n) is 2.16. The lowest BCUT2D eigenvalue weighted by Gasteiger charge is -2.15. The van der Waals surface area contributed by atoms with Crippen molar-refractivity contribution in [2.45, 2.75) is 32.8 Å². The van der Waals surface area contributed by atoms with Crippen molar-refractivity contribution < 1.29 is 19.1 Å². The van der Waals surface area contributed by atoms with Gasteiger partial charge in [-0.3, -0.25) is 4.79 Å². The van der Waals surface area contributed by atoms with Crippen LogP contribution in [0.1, 0.15) is 26.7 Å². The van der Waals surface area contributed by atoms with Crippen LogP contribution in [-0.2, 0) is 19.1 Å². The first kappa shape index (κ1) is 14.4. The van der Waals surface area contributed by atoms with Crippen LogP contribution in [0, 0.1) is 0 Å². The van der Waals surface area contributed by atoms with Gasteiger partial charge in [-0.2, -0.15) is 0 Å². The van der Waals surface area contributed by atoms with E-state index in [-0.39, 0.29) is 0 Å². The highest BCUT2D eigenvalue weighted by molar-refractivity contribution is 9.12. The summed E-state index contributed by atoms with van der Waals surface area (Å²) in [6.07, 6.45) is 0.807. The third kappa shape index (κ3) is 3.42. The largest absolute Gasteiger partial charge is 0.457 e. The maximum absolute atomic E-state index is 11.7. The van der Waals surface area contributed by atoms with Crippen molar-refractivity contribution in [3.8, 4) is 0 Å². The van der Waals surface area contributed by atoms with Crippen molar-refractivity contribution in [1.29, 1.82) is 0 Å². The molecule has 0 fully saturated rings. The summed E-state index contributed by atoms with van der Waals surface area (Å²) in [5.74, 6) is -0.513. The Kier molecular flexibility index (Phi) is 5.39. The van der Waals surface area contributed by atoms with Crippen molar-refractivity contribution in [2.24, 2.45) is 0 Å². The van der Waals surface area contributed by atoms with Crippen LogP contribution in [0.5, 0.6) is 0 Å². The molecule has 1 aliphatic heterocycles. The Morgan fingerprint density at radius 1 is 1.59 bits per heavy atom. The van der Waals surface area contributed by atoms with E-state index in [0.717, 1.165) is 6.42 Å². The molecule has 0 unspecified atom stereocenters. The molecule has 0 saturated heterocycles. The maximum Gasteiger partial charge on any atom is 0.344 e. The van der Waals surface area contributed by atoms with Gasteiger partial charge in [-0.15, -0.1) is 0 Å². The van der Waals surface area contributed by atoms with Crippen LogP contribution in [0.3, 0.4) is 0 Å². The Labute approximate surface area is 116 Å². The topological polar surface area (TPSA) is 52.6 Å². The van der Waals surface area contributed by atoms with Crippen LogP contribution >= 0.6 is 31.9 Å². The second-order valence-electron chi connectivity index (χ2n) is 3.48. The van der Waals surface area contributed by atoms with E-state index in [0.29, 0.717) is 22.2 Å². The molecule has 0 aromatic carbocycles. The fraction of sp³-hybridized carbons (Fsp3) is 0.455. The zero-order valence-corrected chi connectivity index (χ0v) is 12.6. The summed E-state index contributed by atoms with van der Waals surface area (Å²) >= 11 is 6.38. The Morgan fingerprint density at radius 3 is 2.65 bits per heavy atom. The molecule has 1 heterocycles. The number of hydrogen-bond acceptors (Lipinski definition) is 4. The zero-order valence-electron chi connectivity index (χ0n) is 9.46. The summed E-state index contributed by atoms with van der Waals surface area (Å²) < 4.78 is 10.7. The lowest BCUT2D eigenvalue weighted by atomic mass is 10.1. The summed E-state index contributed by atoms with van der Waals surface area (Å²) in [7, 11) is 0. The molecular formula is C11H12Br2O4. The lowest BCUT2D eigenvalue weighted by Crippen LogP contribution is -2.22. The predicted molar refractivity (Wildman–Crippen MR) is 69.5 cm³/mol. The summed E-state index contributed by atoms with van der Waals surface area (Å²) in [5, 5.41) is 0. The smallest absolute Gasteiger partial charge is 0.344 e. The predicted octanol–water partition coefficient (Wildman–Crippen LogP) is 3.16. The van der Waals surface area contributed by atoms with Gasteiger partial charge in [0.1, 0.15) is 6.10 Å². The second-order valence-corrected chi connectivity index (χ2v) is 4.73. The Bertz CT molecular complexity index is 398. The molecule has 4 nitrogen and oxygen atoms in total. The lowest BCUT2D eigenvalue weighted by molar-refractivity contribution is -0.146. The average molecular weight is 368 g/mol. The van der Waals surface area contributed by atoms with Gasteiger partial charge in [-0.05, 0) is 22.4 Å². The minimum atomic E-state index is -0.565. The molecule has 0 radical (unpaired) electrons. The third-order valence-corrected chi connectivity index (χ3v) is 3.39.